The van der Waals surface area contributed by atoms with E-state index in [0.29, 0.717) is 6.04 Å². The summed E-state index contributed by atoms with van der Waals surface area (Å²) in [5.74, 6) is 0.194. The van der Waals surface area contributed by atoms with Gasteiger partial charge in [0.1, 0.15) is 0 Å². The van der Waals surface area contributed by atoms with Crippen molar-refractivity contribution in [3.63, 3.8) is 0 Å². The summed E-state index contributed by atoms with van der Waals surface area (Å²) in [6.07, 6.45) is 10.4. The summed E-state index contributed by atoms with van der Waals surface area (Å²) >= 11 is 1.63. The summed E-state index contributed by atoms with van der Waals surface area (Å²) in [5, 5.41) is 13.9. The standard InChI is InChI=1S/C17H32N2O2S/c1-3-15(22-2)16(20)18-14-7-11-19(12-8-14)13-17(21)9-5-4-6-10-17/h14-15,21H,3-13H2,1-2H3,(H,18,20). The maximum Gasteiger partial charge on any atom is 0.233 e. The molecule has 0 aromatic rings. The SMILES string of the molecule is CCC(SC)C(=O)NC1CCN(CC2(O)CCCCC2)CC1. The molecule has 0 bridgehead atoms. The summed E-state index contributed by atoms with van der Waals surface area (Å²) in [6, 6.07) is 0.311. The lowest BCUT2D eigenvalue weighted by atomic mass is 9.84. The average Bonchev–Trinajstić information content (AvgIpc) is 2.51. The van der Waals surface area contributed by atoms with Crippen LogP contribution in [-0.2, 0) is 4.79 Å². The lowest BCUT2D eigenvalue weighted by Crippen LogP contribution is -2.51. The highest BCUT2D eigenvalue weighted by molar-refractivity contribution is 7.99. The van der Waals surface area contributed by atoms with Gasteiger partial charge in [0.2, 0.25) is 5.91 Å². The fourth-order valence-corrected chi connectivity index (χ4v) is 4.39. The van der Waals surface area contributed by atoms with Gasteiger partial charge in [-0.05, 0) is 38.4 Å². The molecule has 1 unspecified atom stereocenters. The number of rotatable bonds is 6. The average molecular weight is 329 g/mol. The number of likely N-dealkylation sites (tertiary alicyclic amines) is 1. The topological polar surface area (TPSA) is 52.6 Å². The van der Waals surface area contributed by atoms with Gasteiger partial charge in [-0.3, -0.25) is 4.79 Å². The lowest BCUT2D eigenvalue weighted by Gasteiger charge is -2.40. The van der Waals surface area contributed by atoms with Gasteiger partial charge in [-0.15, -0.1) is 0 Å². The normalized spacial score (nSPS) is 24.9. The minimum Gasteiger partial charge on any atom is -0.389 e. The van der Waals surface area contributed by atoms with Gasteiger partial charge in [0.15, 0.2) is 0 Å². The van der Waals surface area contributed by atoms with E-state index >= 15 is 0 Å². The summed E-state index contributed by atoms with van der Waals surface area (Å²) in [7, 11) is 0. The first-order chi connectivity index (χ1) is 10.6. The van der Waals surface area contributed by atoms with E-state index in [2.05, 4.69) is 17.1 Å². The molecule has 0 aromatic carbocycles. The van der Waals surface area contributed by atoms with E-state index in [9.17, 15) is 9.90 Å². The third kappa shape index (κ3) is 5.14. The molecule has 0 radical (unpaired) electrons. The number of carbonyl (C=O) groups is 1. The van der Waals surface area contributed by atoms with Gasteiger partial charge >= 0.3 is 0 Å². The Hall–Kier alpha value is -0.260. The molecular weight excluding hydrogens is 296 g/mol. The van der Waals surface area contributed by atoms with Crippen molar-refractivity contribution in [1.29, 1.82) is 0 Å². The molecule has 1 atom stereocenters. The Labute approximate surface area is 139 Å². The molecular formula is C17H32N2O2S. The number of nitrogens with one attached hydrogen (secondary N) is 1. The zero-order chi connectivity index (χ0) is 16.0. The fraction of sp³-hybridized carbons (Fsp3) is 0.941. The molecule has 0 aromatic heterocycles. The quantitative estimate of drug-likeness (QED) is 0.786. The van der Waals surface area contributed by atoms with Crippen LogP contribution < -0.4 is 5.32 Å². The second-order valence-corrected chi connectivity index (χ2v) is 8.02. The highest BCUT2D eigenvalue weighted by atomic mass is 32.2. The molecule has 1 amide bonds. The molecule has 2 rings (SSSR count). The molecule has 0 spiro atoms. The summed E-state index contributed by atoms with van der Waals surface area (Å²) in [4.78, 5) is 14.5. The van der Waals surface area contributed by atoms with Crippen LogP contribution in [0.5, 0.6) is 0 Å². The zero-order valence-corrected chi connectivity index (χ0v) is 15.0. The van der Waals surface area contributed by atoms with E-state index < -0.39 is 5.60 Å². The maximum atomic E-state index is 12.1. The molecule has 1 aliphatic heterocycles. The third-order valence-corrected chi connectivity index (χ3v) is 6.30. The summed E-state index contributed by atoms with van der Waals surface area (Å²) < 4.78 is 0. The minimum absolute atomic E-state index is 0.0842. The van der Waals surface area contributed by atoms with Crippen LogP contribution in [0, 0.1) is 0 Å². The van der Waals surface area contributed by atoms with E-state index in [1.807, 2.05) is 6.26 Å². The van der Waals surface area contributed by atoms with Gasteiger partial charge < -0.3 is 15.3 Å². The van der Waals surface area contributed by atoms with Crippen molar-refractivity contribution < 1.29 is 9.90 Å². The minimum atomic E-state index is -0.458. The molecule has 5 heteroatoms. The van der Waals surface area contributed by atoms with Crippen LogP contribution in [0.4, 0.5) is 0 Å². The van der Waals surface area contributed by atoms with Crippen molar-refractivity contribution in [2.24, 2.45) is 0 Å². The molecule has 1 saturated heterocycles. The first-order valence-electron chi connectivity index (χ1n) is 8.84. The molecule has 2 aliphatic rings. The van der Waals surface area contributed by atoms with E-state index in [-0.39, 0.29) is 11.2 Å². The van der Waals surface area contributed by atoms with Gasteiger partial charge in [0.25, 0.3) is 0 Å². The van der Waals surface area contributed by atoms with Crippen LogP contribution in [-0.4, -0.2) is 58.7 Å². The van der Waals surface area contributed by atoms with Crippen molar-refractivity contribution in [1.82, 2.24) is 10.2 Å². The molecule has 4 nitrogen and oxygen atoms in total. The lowest BCUT2D eigenvalue weighted by molar-refractivity contribution is -0.121. The van der Waals surface area contributed by atoms with Gasteiger partial charge in [-0.25, -0.2) is 0 Å². The first-order valence-corrected chi connectivity index (χ1v) is 10.1. The predicted octanol–water partition coefficient (Wildman–Crippen LogP) is 2.40. The van der Waals surface area contributed by atoms with E-state index in [0.717, 1.165) is 64.6 Å². The zero-order valence-electron chi connectivity index (χ0n) is 14.1. The molecule has 1 saturated carbocycles. The monoisotopic (exact) mass is 328 g/mol. The van der Waals surface area contributed by atoms with E-state index in [1.54, 1.807) is 11.8 Å². The molecule has 128 valence electrons. The Morgan fingerprint density at radius 1 is 1.32 bits per heavy atom. The Kier molecular flexibility index (Phi) is 7.03. The van der Waals surface area contributed by atoms with Crippen molar-refractivity contribution >= 4 is 17.7 Å². The van der Waals surface area contributed by atoms with Crippen LogP contribution in [0.1, 0.15) is 58.3 Å². The number of hydrogen-bond acceptors (Lipinski definition) is 4. The van der Waals surface area contributed by atoms with Gasteiger partial charge in [-0.1, -0.05) is 26.2 Å². The van der Waals surface area contributed by atoms with Gasteiger partial charge in [0.05, 0.1) is 10.9 Å². The third-order valence-electron chi connectivity index (χ3n) is 5.18. The number of β-amino-alcohol motifs (C(OH)–C–C–N with tert-alkyl or cyclic N) is 1. The highest BCUT2D eigenvalue weighted by Gasteiger charge is 2.33. The van der Waals surface area contributed by atoms with Crippen LogP contribution in [0.3, 0.4) is 0 Å². The van der Waals surface area contributed by atoms with Crippen LogP contribution in [0.25, 0.3) is 0 Å². The van der Waals surface area contributed by atoms with Gasteiger partial charge in [0, 0.05) is 25.7 Å². The summed E-state index contributed by atoms with van der Waals surface area (Å²) in [6.45, 7) is 4.86. The molecule has 2 N–H and O–H groups in total. The Bertz CT molecular complexity index is 347. The largest absolute Gasteiger partial charge is 0.389 e. The fourth-order valence-electron chi connectivity index (χ4n) is 3.77. The second-order valence-electron chi connectivity index (χ2n) is 6.98. The van der Waals surface area contributed by atoms with Crippen molar-refractivity contribution in [3.8, 4) is 0 Å². The number of hydrogen-bond donors (Lipinski definition) is 2. The number of nitrogens with zero attached hydrogens (tertiary/aromatic N) is 1. The number of amides is 1. The maximum absolute atomic E-state index is 12.1. The van der Waals surface area contributed by atoms with Crippen molar-refractivity contribution in [3.05, 3.63) is 0 Å². The first kappa shape index (κ1) is 18.1. The Morgan fingerprint density at radius 2 is 1.95 bits per heavy atom. The van der Waals surface area contributed by atoms with Crippen LogP contribution in [0.15, 0.2) is 0 Å². The number of thioether (sulfide) groups is 1. The number of carbonyl (C=O) groups excluding carboxylic acids is 1. The van der Waals surface area contributed by atoms with Crippen LogP contribution in [0.2, 0.25) is 0 Å². The Morgan fingerprint density at radius 3 is 2.50 bits per heavy atom. The van der Waals surface area contributed by atoms with Crippen molar-refractivity contribution in [2.45, 2.75) is 75.2 Å². The predicted molar refractivity (Wildman–Crippen MR) is 93.2 cm³/mol. The highest BCUT2D eigenvalue weighted by Crippen LogP contribution is 2.29. The molecule has 2 fully saturated rings. The second kappa shape index (κ2) is 8.55. The molecule has 1 heterocycles. The van der Waals surface area contributed by atoms with Gasteiger partial charge in [-0.2, -0.15) is 11.8 Å². The molecule has 22 heavy (non-hydrogen) atoms. The number of aliphatic hydroxyl groups is 1. The Balaban J connectivity index is 1.72. The number of piperidine rings is 1. The van der Waals surface area contributed by atoms with E-state index in [4.69, 9.17) is 0 Å². The summed E-state index contributed by atoms with van der Waals surface area (Å²) in [5.41, 5.74) is -0.458. The molecule has 1 aliphatic carbocycles. The smallest absolute Gasteiger partial charge is 0.233 e. The van der Waals surface area contributed by atoms with Crippen molar-refractivity contribution in [2.75, 3.05) is 25.9 Å². The van der Waals surface area contributed by atoms with Crippen LogP contribution >= 0.6 is 11.8 Å². The van der Waals surface area contributed by atoms with E-state index in [1.165, 1.54) is 6.42 Å².